The second-order valence-electron chi connectivity index (χ2n) is 4.75. The summed E-state index contributed by atoms with van der Waals surface area (Å²) in [4.78, 5) is 21.1. The lowest BCUT2D eigenvalue weighted by Crippen LogP contribution is -2.35. The van der Waals surface area contributed by atoms with Crippen molar-refractivity contribution in [2.75, 3.05) is 0 Å². The molecule has 0 bridgehead atoms. The Labute approximate surface area is 117 Å². The molecule has 0 amide bonds. The first-order valence-corrected chi connectivity index (χ1v) is 6.53. The standard InChI is InChI=1S/C17H14N2O/c20-16(14-4-2-1-3-5-14)17(8-12-19-13-9-17)15-6-10-18-11-7-15/h1-8,10-13H,9H2. The zero-order valence-corrected chi connectivity index (χ0v) is 10.9. The number of Topliss-reactive ketones (excluding diaryl/α,β-unsaturated/α-hetero) is 1. The van der Waals surface area contributed by atoms with Crippen molar-refractivity contribution in [3.05, 3.63) is 78.3 Å². The Balaban J connectivity index is 2.10. The molecule has 3 rings (SSSR count). The molecule has 1 aromatic carbocycles. The van der Waals surface area contributed by atoms with Crippen molar-refractivity contribution in [2.24, 2.45) is 4.99 Å². The number of aromatic nitrogens is 1. The fourth-order valence-corrected chi connectivity index (χ4v) is 2.51. The van der Waals surface area contributed by atoms with Crippen molar-refractivity contribution in [1.29, 1.82) is 0 Å². The van der Waals surface area contributed by atoms with Crippen LogP contribution in [0.3, 0.4) is 0 Å². The minimum atomic E-state index is -0.675. The minimum Gasteiger partial charge on any atom is -0.293 e. The van der Waals surface area contributed by atoms with Crippen molar-refractivity contribution in [3.8, 4) is 0 Å². The van der Waals surface area contributed by atoms with Crippen LogP contribution in [0.25, 0.3) is 0 Å². The van der Waals surface area contributed by atoms with Gasteiger partial charge in [-0.2, -0.15) is 0 Å². The summed E-state index contributed by atoms with van der Waals surface area (Å²) >= 11 is 0. The van der Waals surface area contributed by atoms with E-state index in [0.717, 1.165) is 5.56 Å². The van der Waals surface area contributed by atoms with Crippen LogP contribution < -0.4 is 0 Å². The lowest BCUT2D eigenvalue weighted by Gasteiger charge is -2.29. The molecule has 0 N–H and O–H groups in total. The van der Waals surface area contributed by atoms with Gasteiger partial charge in [-0.25, -0.2) is 0 Å². The Bertz CT molecular complexity index is 662. The first-order chi connectivity index (χ1) is 9.83. The van der Waals surface area contributed by atoms with Crippen LogP contribution in [0, 0.1) is 0 Å². The average Bonchev–Trinajstić information content (AvgIpc) is 2.56. The van der Waals surface area contributed by atoms with Gasteiger partial charge >= 0.3 is 0 Å². The van der Waals surface area contributed by atoms with Crippen molar-refractivity contribution in [1.82, 2.24) is 4.98 Å². The largest absolute Gasteiger partial charge is 0.293 e. The van der Waals surface area contributed by atoms with Crippen LogP contribution in [0.1, 0.15) is 22.3 Å². The third-order valence-corrected chi connectivity index (χ3v) is 3.60. The van der Waals surface area contributed by atoms with E-state index >= 15 is 0 Å². The van der Waals surface area contributed by atoms with Crippen molar-refractivity contribution < 1.29 is 4.79 Å². The Morgan fingerprint density at radius 2 is 1.80 bits per heavy atom. The fraction of sp³-hybridized carbons (Fsp3) is 0.118. The van der Waals surface area contributed by atoms with E-state index < -0.39 is 5.41 Å². The van der Waals surface area contributed by atoms with Gasteiger partial charge in [-0.15, -0.1) is 0 Å². The molecule has 0 fully saturated rings. The van der Waals surface area contributed by atoms with Crippen LogP contribution in [0.4, 0.5) is 0 Å². The highest BCUT2D eigenvalue weighted by Gasteiger charge is 2.38. The molecule has 0 saturated heterocycles. The van der Waals surface area contributed by atoms with E-state index in [1.165, 1.54) is 0 Å². The van der Waals surface area contributed by atoms with Gasteiger partial charge in [-0.05, 0) is 23.8 Å². The van der Waals surface area contributed by atoms with E-state index in [1.807, 2.05) is 48.5 Å². The van der Waals surface area contributed by atoms with E-state index in [9.17, 15) is 4.79 Å². The predicted molar refractivity (Wildman–Crippen MR) is 78.9 cm³/mol. The molecule has 1 atom stereocenters. The van der Waals surface area contributed by atoms with Crippen molar-refractivity contribution >= 4 is 12.0 Å². The number of carbonyl (C=O) groups excluding carboxylic acids is 1. The molecule has 20 heavy (non-hydrogen) atoms. The molecule has 1 aliphatic heterocycles. The van der Waals surface area contributed by atoms with Gasteiger partial charge in [0.1, 0.15) is 0 Å². The molecule has 1 unspecified atom stereocenters. The molecule has 3 heteroatoms. The molecule has 1 aliphatic rings. The number of allylic oxidation sites excluding steroid dienone is 1. The first-order valence-electron chi connectivity index (χ1n) is 6.53. The summed E-state index contributed by atoms with van der Waals surface area (Å²) < 4.78 is 0. The van der Waals surface area contributed by atoms with Crippen LogP contribution in [-0.2, 0) is 5.41 Å². The minimum absolute atomic E-state index is 0.0895. The van der Waals surface area contributed by atoms with E-state index in [0.29, 0.717) is 12.0 Å². The molecule has 0 saturated carbocycles. The number of nitrogens with zero attached hydrogens (tertiary/aromatic N) is 2. The van der Waals surface area contributed by atoms with Crippen molar-refractivity contribution in [3.63, 3.8) is 0 Å². The molecule has 98 valence electrons. The Morgan fingerprint density at radius 3 is 2.45 bits per heavy atom. The van der Waals surface area contributed by atoms with Gasteiger partial charge in [0.2, 0.25) is 0 Å². The maximum atomic E-state index is 13.0. The summed E-state index contributed by atoms with van der Waals surface area (Å²) in [5, 5.41) is 0. The molecule has 2 heterocycles. The van der Waals surface area contributed by atoms with Gasteiger partial charge < -0.3 is 0 Å². The van der Waals surface area contributed by atoms with E-state index in [2.05, 4.69) is 9.98 Å². The smallest absolute Gasteiger partial charge is 0.177 e. The highest BCUT2D eigenvalue weighted by atomic mass is 16.1. The van der Waals surface area contributed by atoms with E-state index in [4.69, 9.17) is 0 Å². The highest BCUT2D eigenvalue weighted by molar-refractivity contribution is 6.07. The molecule has 3 nitrogen and oxygen atoms in total. The summed E-state index contributed by atoms with van der Waals surface area (Å²) in [5.74, 6) is 0.0895. The zero-order chi connectivity index (χ0) is 13.8. The first kappa shape index (κ1) is 12.5. The number of carbonyl (C=O) groups is 1. The molecule has 2 aromatic rings. The highest BCUT2D eigenvalue weighted by Crippen LogP contribution is 2.34. The van der Waals surface area contributed by atoms with Gasteiger partial charge in [0.05, 0.1) is 5.41 Å². The monoisotopic (exact) mass is 262 g/mol. The molecule has 1 aromatic heterocycles. The van der Waals surface area contributed by atoms with Crippen molar-refractivity contribution in [2.45, 2.75) is 11.8 Å². The number of hydrogen-bond donors (Lipinski definition) is 0. The fourth-order valence-electron chi connectivity index (χ4n) is 2.51. The maximum Gasteiger partial charge on any atom is 0.177 e. The third kappa shape index (κ3) is 2.07. The summed E-state index contributed by atoms with van der Waals surface area (Å²) in [5.41, 5.74) is 0.986. The number of ketones is 1. The van der Waals surface area contributed by atoms with Crippen LogP contribution in [-0.4, -0.2) is 17.0 Å². The lowest BCUT2D eigenvalue weighted by atomic mass is 9.72. The zero-order valence-electron chi connectivity index (χ0n) is 10.9. The molecule has 0 aliphatic carbocycles. The summed E-state index contributed by atoms with van der Waals surface area (Å²) in [7, 11) is 0. The number of aliphatic imine (C=N–C) groups is 1. The van der Waals surface area contributed by atoms with Crippen LogP contribution >= 0.6 is 0 Å². The number of pyridine rings is 1. The number of hydrogen-bond acceptors (Lipinski definition) is 3. The molecular weight excluding hydrogens is 248 g/mol. The summed E-state index contributed by atoms with van der Waals surface area (Å²) in [6.45, 7) is 0. The normalized spacial score (nSPS) is 20.8. The van der Waals surface area contributed by atoms with Crippen LogP contribution in [0.5, 0.6) is 0 Å². The number of benzene rings is 1. The molecule has 0 radical (unpaired) electrons. The third-order valence-electron chi connectivity index (χ3n) is 3.60. The van der Waals surface area contributed by atoms with Gasteiger partial charge in [-0.3, -0.25) is 14.8 Å². The van der Waals surface area contributed by atoms with Gasteiger partial charge in [0.15, 0.2) is 5.78 Å². The topological polar surface area (TPSA) is 42.3 Å². The van der Waals surface area contributed by atoms with Crippen LogP contribution in [0.15, 0.2) is 72.1 Å². The maximum absolute atomic E-state index is 13.0. The van der Waals surface area contributed by atoms with Gasteiger partial charge in [0.25, 0.3) is 0 Å². The molecule has 0 spiro atoms. The SMILES string of the molecule is O=C(c1ccccc1)C1(c2ccncc2)C=CN=CC1. The molecular formula is C17H14N2O. The second-order valence-corrected chi connectivity index (χ2v) is 4.75. The predicted octanol–water partition coefficient (Wildman–Crippen LogP) is 3.19. The van der Waals surface area contributed by atoms with Crippen LogP contribution in [0.2, 0.25) is 0 Å². The average molecular weight is 262 g/mol. The number of rotatable bonds is 3. The Morgan fingerprint density at radius 1 is 1.05 bits per heavy atom. The summed E-state index contributed by atoms with van der Waals surface area (Å²) in [6.07, 6.45) is 9.38. The quantitative estimate of drug-likeness (QED) is 0.797. The second kappa shape index (κ2) is 5.21. The Hall–Kier alpha value is -2.55. The van der Waals surface area contributed by atoms with E-state index in [-0.39, 0.29) is 5.78 Å². The Kier molecular flexibility index (Phi) is 3.25. The summed E-state index contributed by atoms with van der Waals surface area (Å²) in [6, 6.07) is 13.2. The van der Waals surface area contributed by atoms with E-state index in [1.54, 1.807) is 24.8 Å². The van der Waals surface area contributed by atoms with Gasteiger partial charge in [-0.1, -0.05) is 30.3 Å². The lowest BCUT2D eigenvalue weighted by molar-refractivity contribution is 0.0920. The van der Waals surface area contributed by atoms with Gasteiger partial charge in [0, 0.05) is 36.8 Å².